The number of aryl methyl sites for hydroxylation is 1. The summed E-state index contributed by atoms with van der Waals surface area (Å²) in [5.41, 5.74) is 3.00. The van der Waals surface area contributed by atoms with Crippen LogP contribution < -0.4 is 5.32 Å². The van der Waals surface area contributed by atoms with Crippen LogP contribution in [-0.2, 0) is 13.5 Å². The summed E-state index contributed by atoms with van der Waals surface area (Å²) >= 11 is 0. The van der Waals surface area contributed by atoms with Gasteiger partial charge < -0.3 is 5.32 Å². The molecule has 1 heterocycles. The molecule has 110 valence electrons. The normalized spacial score (nSPS) is 15.3. The van der Waals surface area contributed by atoms with E-state index in [-0.39, 0.29) is 5.91 Å². The second-order valence-electron chi connectivity index (χ2n) is 6.03. The Morgan fingerprint density at radius 2 is 2.25 bits per heavy atom. The minimum absolute atomic E-state index is 0.0264. The van der Waals surface area contributed by atoms with E-state index in [1.54, 1.807) is 4.68 Å². The van der Waals surface area contributed by atoms with Crippen molar-refractivity contribution < 1.29 is 4.79 Å². The Bertz CT molecular complexity index is 500. The third-order valence-corrected chi connectivity index (χ3v) is 3.64. The second-order valence-corrected chi connectivity index (χ2v) is 6.03. The van der Waals surface area contributed by atoms with E-state index in [0.29, 0.717) is 18.2 Å². The van der Waals surface area contributed by atoms with Crippen molar-refractivity contribution in [1.29, 1.82) is 0 Å². The predicted octanol–water partition coefficient (Wildman–Crippen LogP) is 2.85. The van der Waals surface area contributed by atoms with Crippen LogP contribution in [0.2, 0.25) is 0 Å². The van der Waals surface area contributed by atoms with Crippen molar-refractivity contribution in [1.82, 2.24) is 15.1 Å². The average molecular weight is 275 g/mol. The van der Waals surface area contributed by atoms with Gasteiger partial charge in [0.05, 0.1) is 5.69 Å². The van der Waals surface area contributed by atoms with Gasteiger partial charge in [-0.05, 0) is 44.1 Å². The molecule has 0 saturated heterocycles. The number of rotatable bonds is 5. The third kappa shape index (κ3) is 3.95. The van der Waals surface area contributed by atoms with Crippen LogP contribution in [0.25, 0.3) is 0 Å². The molecule has 0 aliphatic heterocycles. The van der Waals surface area contributed by atoms with Crippen molar-refractivity contribution >= 4 is 5.91 Å². The lowest BCUT2D eigenvalue weighted by atomic mass is 10.00. The van der Waals surface area contributed by atoms with E-state index in [4.69, 9.17) is 0 Å². The van der Waals surface area contributed by atoms with E-state index in [1.807, 2.05) is 13.1 Å². The molecule has 0 radical (unpaired) electrons. The van der Waals surface area contributed by atoms with Crippen molar-refractivity contribution in [3.8, 4) is 0 Å². The molecular weight excluding hydrogens is 250 g/mol. The molecule has 0 atom stereocenters. The predicted molar refractivity (Wildman–Crippen MR) is 80.6 cm³/mol. The van der Waals surface area contributed by atoms with E-state index in [1.165, 1.54) is 18.4 Å². The number of hydrogen-bond acceptors (Lipinski definition) is 2. The standard InChI is InChI=1S/C16H25N3O/c1-12(2)9-14-10-15(19(3)18-14)16(20)17-11-13-7-5-4-6-8-13/h7,10,12H,4-6,8-9,11H2,1-3H3,(H,17,20). The lowest BCUT2D eigenvalue weighted by Gasteiger charge is -2.13. The summed E-state index contributed by atoms with van der Waals surface area (Å²) in [7, 11) is 1.83. The fourth-order valence-corrected chi connectivity index (χ4v) is 2.61. The van der Waals surface area contributed by atoms with Crippen LogP contribution in [0, 0.1) is 5.92 Å². The molecule has 1 N–H and O–H groups in total. The van der Waals surface area contributed by atoms with Crippen LogP contribution in [0.15, 0.2) is 17.7 Å². The molecule has 0 bridgehead atoms. The van der Waals surface area contributed by atoms with E-state index in [2.05, 4.69) is 30.3 Å². The van der Waals surface area contributed by atoms with Crippen molar-refractivity contribution in [3.63, 3.8) is 0 Å². The first kappa shape index (κ1) is 14.8. The SMILES string of the molecule is CC(C)Cc1cc(C(=O)NCC2=CCCCC2)n(C)n1. The molecule has 0 spiro atoms. The zero-order valence-electron chi connectivity index (χ0n) is 12.8. The van der Waals surface area contributed by atoms with Gasteiger partial charge in [-0.3, -0.25) is 9.48 Å². The van der Waals surface area contributed by atoms with Gasteiger partial charge in [0, 0.05) is 13.6 Å². The zero-order chi connectivity index (χ0) is 14.5. The van der Waals surface area contributed by atoms with E-state index < -0.39 is 0 Å². The Morgan fingerprint density at radius 3 is 2.90 bits per heavy atom. The van der Waals surface area contributed by atoms with Crippen molar-refractivity contribution in [2.24, 2.45) is 13.0 Å². The Labute approximate surface area is 121 Å². The summed E-state index contributed by atoms with van der Waals surface area (Å²) in [4.78, 5) is 12.2. The molecule has 1 aliphatic carbocycles. The van der Waals surface area contributed by atoms with Crippen molar-refractivity contribution in [2.45, 2.75) is 46.0 Å². The lowest BCUT2D eigenvalue weighted by Crippen LogP contribution is -2.27. The summed E-state index contributed by atoms with van der Waals surface area (Å²) in [5, 5.41) is 7.42. The van der Waals surface area contributed by atoms with Gasteiger partial charge in [0.25, 0.3) is 5.91 Å². The molecular formula is C16H25N3O. The molecule has 1 aliphatic rings. The van der Waals surface area contributed by atoms with Gasteiger partial charge in [-0.1, -0.05) is 25.5 Å². The topological polar surface area (TPSA) is 46.9 Å². The zero-order valence-corrected chi connectivity index (χ0v) is 12.8. The third-order valence-electron chi connectivity index (χ3n) is 3.64. The number of nitrogens with zero attached hydrogens (tertiary/aromatic N) is 2. The number of allylic oxidation sites excluding steroid dienone is 1. The van der Waals surface area contributed by atoms with Crippen molar-refractivity contribution in [3.05, 3.63) is 29.1 Å². The van der Waals surface area contributed by atoms with E-state index in [9.17, 15) is 4.79 Å². The minimum Gasteiger partial charge on any atom is -0.347 e. The number of aromatic nitrogens is 2. The second kappa shape index (κ2) is 6.73. The minimum atomic E-state index is -0.0264. The molecule has 1 aromatic heterocycles. The summed E-state index contributed by atoms with van der Waals surface area (Å²) in [6, 6.07) is 1.91. The summed E-state index contributed by atoms with van der Waals surface area (Å²) in [6.07, 6.45) is 7.95. The first-order valence-corrected chi connectivity index (χ1v) is 7.55. The Morgan fingerprint density at radius 1 is 1.45 bits per heavy atom. The van der Waals surface area contributed by atoms with Crippen LogP contribution in [0.4, 0.5) is 0 Å². The number of carbonyl (C=O) groups excluding carboxylic acids is 1. The van der Waals surface area contributed by atoms with Gasteiger partial charge >= 0.3 is 0 Å². The van der Waals surface area contributed by atoms with Crippen LogP contribution in [0.5, 0.6) is 0 Å². The molecule has 2 rings (SSSR count). The van der Waals surface area contributed by atoms with Crippen LogP contribution in [-0.4, -0.2) is 22.2 Å². The Balaban J connectivity index is 1.94. The first-order chi connectivity index (χ1) is 9.56. The Kier molecular flexibility index (Phi) is 4.99. The molecule has 4 nitrogen and oxygen atoms in total. The first-order valence-electron chi connectivity index (χ1n) is 7.55. The maximum atomic E-state index is 12.2. The number of nitrogens with one attached hydrogen (secondary N) is 1. The Hall–Kier alpha value is -1.58. The average Bonchev–Trinajstić information content (AvgIpc) is 2.77. The van der Waals surface area contributed by atoms with Crippen LogP contribution in [0.3, 0.4) is 0 Å². The van der Waals surface area contributed by atoms with Gasteiger partial charge in [0.2, 0.25) is 0 Å². The van der Waals surface area contributed by atoms with E-state index >= 15 is 0 Å². The molecule has 1 amide bonds. The van der Waals surface area contributed by atoms with Gasteiger partial charge in [-0.2, -0.15) is 5.10 Å². The maximum Gasteiger partial charge on any atom is 0.269 e. The largest absolute Gasteiger partial charge is 0.347 e. The van der Waals surface area contributed by atoms with Crippen LogP contribution >= 0.6 is 0 Å². The quantitative estimate of drug-likeness (QED) is 0.840. The van der Waals surface area contributed by atoms with Gasteiger partial charge in [0.15, 0.2) is 0 Å². The fourth-order valence-electron chi connectivity index (χ4n) is 2.61. The molecule has 20 heavy (non-hydrogen) atoms. The summed E-state index contributed by atoms with van der Waals surface area (Å²) in [6.45, 7) is 4.98. The molecule has 0 aromatic carbocycles. The summed E-state index contributed by atoms with van der Waals surface area (Å²) < 4.78 is 1.68. The van der Waals surface area contributed by atoms with Crippen molar-refractivity contribution in [2.75, 3.05) is 6.54 Å². The summed E-state index contributed by atoms with van der Waals surface area (Å²) in [5.74, 6) is 0.523. The lowest BCUT2D eigenvalue weighted by molar-refractivity contribution is 0.0947. The highest BCUT2D eigenvalue weighted by Crippen LogP contribution is 2.16. The van der Waals surface area contributed by atoms with Gasteiger partial charge in [-0.15, -0.1) is 0 Å². The monoisotopic (exact) mass is 275 g/mol. The van der Waals surface area contributed by atoms with Gasteiger partial charge in [0.1, 0.15) is 5.69 Å². The fraction of sp³-hybridized carbons (Fsp3) is 0.625. The maximum absolute atomic E-state index is 12.2. The molecule has 0 fully saturated rings. The van der Waals surface area contributed by atoms with E-state index in [0.717, 1.165) is 25.0 Å². The van der Waals surface area contributed by atoms with Crippen LogP contribution in [0.1, 0.15) is 55.7 Å². The highest BCUT2D eigenvalue weighted by atomic mass is 16.2. The smallest absolute Gasteiger partial charge is 0.269 e. The highest BCUT2D eigenvalue weighted by Gasteiger charge is 2.14. The number of amides is 1. The molecule has 0 unspecified atom stereocenters. The molecule has 0 saturated carbocycles. The molecule has 4 heteroatoms. The highest BCUT2D eigenvalue weighted by molar-refractivity contribution is 5.92. The molecule has 1 aromatic rings. The van der Waals surface area contributed by atoms with Gasteiger partial charge in [-0.25, -0.2) is 0 Å². The number of carbonyl (C=O) groups is 1. The number of hydrogen-bond donors (Lipinski definition) is 1.